The first-order chi connectivity index (χ1) is 13.4. The molecule has 28 heavy (non-hydrogen) atoms. The third-order valence-corrected chi connectivity index (χ3v) is 6.32. The lowest BCUT2D eigenvalue weighted by Gasteiger charge is -2.45. The lowest BCUT2D eigenvalue weighted by atomic mass is 9.78. The minimum absolute atomic E-state index is 0.00504. The molecule has 3 aliphatic rings. The number of carbonyl (C=O) groups excluding carboxylic acids is 3. The standard InChI is InChI=1S/C21H26N4O3/c1-14(2)24-11-12-25-16(23-19(27)18(26)17(25)20(24)28)13-21(8-4-5-9-21)15-7-3-6-10-22-15/h3,6-7,10,14,17H,4-5,8-9,11-13H2,1-2H3. The first-order valence-electron chi connectivity index (χ1n) is 10.1. The van der Waals surface area contributed by atoms with Crippen LogP contribution in [0.25, 0.3) is 0 Å². The molecule has 2 amide bonds. The molecule has 7 nitrogen and oxygen atoms in total. The number of nitrogens with zero attached hydrogens (tertiary/aromatic N) is 4. The lowest BCUT2D eigenvalue weighted by molar-refractivity contribution is -0.151. The zero-order chi connectivity index (χ0) is 19.9. The molecule has 3 heterocycles. The van der Waals surface area contributed by atoms with Gasteiger partial charge in [0.1, 0.15) is 5.84 Å². The van der Waals surface area contributed by atoms with Crippen molar-refractivity contribution in [3.8, 4) is 0 Å². The summed E-state index contributed by atoms with van der Waals surface area (Å²) in [5.41, 5.74) is 0.812. The van der Waals surface area contributed by atoms with E-state index in [1.165, 1.54) is 0 Å². The second-order valence-electron chi connectivity index (χ2n) is 8.30. The molecule has 0 N–H and O–H groups in total. The van der Waals surface area contributed by atoms with Gasteiger partial charge in [0.05, 0.1) is 0 Å². The number of Topliss-reactive ketones (excluding diaryl/α,β-unsaturated/α-hetero) is 1. The maximum atomic E-state index is 12.9. The van der Waals surface area contributed by atoms with Gasteiger partial charge in [0.15, 0.2) is 6.04 Å². The Hall–Kier alpha value is -2.57. The highest BCUT2D eigenvalue weighted by molar-refractivity contribution is 6.45. The molecule has 1 saturated heterocycles. The molecule has 1 unspecified atom stereocenters. The van der Waals surface area contributed by atoms with Crippen LogP contribution in [0, 0.1) is 0 Å². The van der Waals surface area contributed by atoms with Crippen LogP contribution in [-0.4, -0.2) is 63.4 Å². The van der Waals surface area contributed by atoms with E-state index in [4.69, 9.17) is 0 Å². The van der Waals surface area contributed by atoms with Crippen LogP contribution in [0.5, 0.6) is 0 Å². The molecule has 7 heteroatoms. The van der Waals surface area contributed by atoms with Crippen molar-refractivity contribution in [2.45, 2.75) is 63.5 Å². The van der Waals surface area contributed by atoms with E-state index in [0.717, 1.165) is 31.4 Å². The molecular weight excluding hydrogens is 356 g/mol. The summed E-state index contributed by atoms with van der Waals surface area (Å²) in [4.78, 5) is 50.0. The first kappa shape index (κ1) is 18.8. The quantitative estimate of drug-likeness (QED) is 0.585. The van der Waals surface area contributed by atoms with Crippen LogP contribution in [-0.2, 0) is 19.8 Å². The fourth-order valence-electron chi connectivity index (χ4n) is 4.84. The van der Waals surface area contributed by atoms with Crippen LogP contribution in [0.3, 0.4) is 0 Å². The number of rotatable bonds is 4. The van der Waals surface area contributed by atoms with Gasteiger partial charge in [-0.3, -0.25) is 19.4 Å². The summed E-state index contributed by atoms with van der Waals surface area (Å²) in [5, 5.41) is 0. The topological polar surface area (TPSA) is 82.9 Å². The van der Waals surface area contributed by atoms with Crippen LogP contribution < -0.4 is 0 Å². The molecule has 1 aromatic heterocycles. The Morgan fingerprint density at radius 2 is 1.89 bits per heavy atom. The van der Waals surface area contributed by atoms with Crippen molar-refractivity contribution in [1.29, 1.82) is 0 Å². The lowest BCUT2D eigenvalue weighted by Crippen LogP contribution is -2.66. The summed E-state index contributed by atoms with van der Waals surface area (Å²) in [5.74, 6) is -1.23. The minimum atomic E-state index is -1.06. The number of ketones is 1. The normalized spacial score (nSPS) is 24.6. The smallest absolute Gasteiger partial charge is 0.317 e. The van der Waals surface area contributed by atoms with E-state index in [1.54, 1.807) is 16.0 Å². The van der Waals surface area contributed by atoms with Gasteiger partial charge in [-0.15, -0.1) is 0 Å². The number of pyridine rings is 1. The highest BCUT2D eigenvalue weighted by Gasteiger charge is 2.49. The van der Waals surface area contributed by atoms with Crippen LogP contribution in [0.1, 0.15) is 51.6 Å². The molecule has 0 spiro atoms. The van der Waals surface area contributed by atoms with Gasteiger partial charge >= 0.3 is 5.91 Å². The first-order valence-corrected chi connectivity index (χ1v) is 10.1. The van der Waals surface area contributed by atoms with Crippen molar-refractivity contribution < 1.29 is 14.4 Å². The van der Waals surface area contributed by atoms with Crippen molar-refractivity contribution in [3.63, 3.8) is 0 Å². The second kappa shape index (κ2) is 7.11. The minimum Gasteiger partial charge on any atom is -0.339 e. The van der Waals surface area contributed by atoms with E-state index in [9.17, 15) is 14.4 Å². The number of amides is 2. The Bertz CT molecular complexity index is 827. The number of piperazine rings is 1. The predicted molar refractivity (Wildman–Crippen MR) is 104 cm³/mol. The molecule has 0 aromatic carbocycles. The van der Waals surface area contributed by atoms with Gasteiger partial charge in [-0.05, 0) is 38.8 Å². The molecule has 4 rings (SSSR count). The number of hydrogen-bond acceptors (Lipinski definition) is 5. The summed E-state index contributed by atoms with van der Waals surface area (Å²) < 4.78 is 0. The van der Waals surface area contributed by atoms with Crippen molar-refractivity contribution >= 4 is 23.4 Å². The Morgan fingerprint density at radius 1 is 1.14 bits per heavy atom. The van der Waals surface area contributed by atoms with Gasteiger partial charge in [0, 0.05) is 42.9 Å². The molecule has 0 radical (unpaired) electrons. The van der Waals surface area contributed by atoms with Gasteiger partial charge in [0.2, 0.25) is 0 Å². The van der Waals surface area contributed by atoms with Gasteiger partial charge < -0.3 is 9.80 Å². The predicted octanol–water partition coefficient (Wildman–Crippen LogP) is 1.71. The highest BCUT2D eigenvalue weighted by atomic mass is 16.2. The van der Waals surface area contributed by atoms with E-state index in [0.29, 0.717) is 25.3 Å². The molecule has 0 bridgehead atoms. The van der Waals surface area contributed by atoms with Crippen molar-refractivity contribution in [2.75, 3.05) is 13.1 Å². The maximum absolute atomic E-state index is 12.9. The zero-order valence-electron chi connectivity index (χ0n) is 16.4. The molecule has 1 saturated carbocycles. The highest BCUT2D eigenvalue weighted by Crippen LogP contribution is 2.44. The van der Waals surface area contributed by atoms with Crippen molar-refractivity contribution in [2.24, 2.45) is 4.99 Å². The van der Waals surface area contributed by atoms with Gasteiger partial charge in [-0.2, -0.15) is 4.99 Å². The van der Waals surface area contributed by atoms with Gasteiger partial charge in [0.25, 0.3) is 11.7 Å². The Kier molecular flexibility index (Phi) is 4.77. The average Bonchev–Trinajstić information content (AvgIpc) is 3.16. The van der Waals surface area contributed by atoms with E-state index < -0.39 is 17.7 Å². The van der Waals surface area contributed by atoms with Crippen LogP contribution in [0.2, 0.25) is 0 Å². The number of aromatic nitrogens is 1. The largest absolute Gasteiger partial charge is 0.339 e. The Morgan fingerprint density at radius 3 is 2.54 bits per heavy atom. The van der Waals surface area contributed by atoms with Crippen LogP contribution in [0.4, 0.5) is 0 Å². The molecule has 2 aliphatic heterocycles. The maximum Gasteiger partial charge on any atom is 0.317 e. The number of hydrogen-bond donors (Lipinski definition) is 0. The average molecular weight is 382 g/mol. The van der Waals surface area contributed by atoms with E-state index >= 15 is 0 Å². The zero-order valence-corrected chi connectivity index (χ0v) is 16.4. The SMILES string of the molecule is CC(C)N1CCN2C(CC3(c4ccccn4)CCCC3)=NC(=O)C(=O)C2C1=O. The van der Waals surface area contributed by atoms with Crippen molar-refractivity contribution in [3.05, 3.63) is 30.1 Å². The number of fused-ring (bicyclic) bond motifs is 1. The summed E-state index contributed by atoms with van der Waals surface area (Å²) >= 11 is 0. The third-order valence-electron chi connectivity index (χ3n) is 6.32. The summed E-state index contributed by atoms with van der Waals surface area (Å²) in [6.07, 6.45) is 6.46. The second-order valence-corrected chi connectivity index (χ2v) is 8.30. The van der Waals surface area contributed by atoms with E-state index in [1.807, 2.05) is 32.0 Å². The van der Waals surface area contributed by atoms with E-state index in [-0.39, 0.29) is 17.4 Å². The van der Waals surface area contributed by atoms with Crippen LogP contribution >= 0.6 is 0 Å². The molecule has 1 atom stereocenters. The third kappa shape index (κ3) is 3.02. The van der Waals surface area contributed by atoms with Crippen molar-refractivity contribution in [1.82, 2.24) is 14.8 Å². The summed E-state index contributed by atoms with van der Waals surface area (Å²) in [7, 11) is 0. The Balaban J connectivity index is 1.68. The number of carbonyl (C=O) groups is 3. The number of amidine groups is 1. The Labute approximate surface area is 164 Å². The van der Waals surface area contributed by atoms with Gasteiger partial charge in [-0.25, -0.2) is 0 Å². The van der Waals surface area contributed by atoms with Gasteiger partial charge in [-0.1, -0.05) is 18.9 Å². The molecule has 1 aliphatic carbocycles. The molecule has 2 fully saturated rings. The molecule has 148 valence electrons. The van der Waals surface area contributed by atoms with E-state index in [2.05, 4.69) is 9.98 Å². The number of aliphatic imine (C=N–C) groups is 1. The molecular formula is C21H26N4O3. The fourth-order valence-corrected chi connectivity index (χ4v) is 4.84. The fraction of sp³-hybridized carbons (Fsp3) is 0.571. The monoisotopic (exact) mass is 382 g/mol. The van der Waals surface area contributed by atoms with Crippen LogP contribution in [0.15, 0.2) is 29.4 Å². The summed E-state index contributed by atoms with van der Waals surface area (Å²) in [6, 6.07) is 4.84. The molecule has 1 aromatic rings. The summed E-state index contributed by atoms with van der Waals surface area (Å²) in [6.45, 7) is 4.90.